The van der Waals surface area contributed by atoms with Crippen LogP contribution < -0.4 is 0 Å². The smallest absolute Gasteiger partial charge is 0.192 e. The van der Waals surface area contributed by atoms with Crippen LogP contribution in [0.3, 0.4) is 0 Å². The summed E-state index contributed by atoms with van der Waals surface area (Å²) >= 11 is 0. The fourth-order valence-electron chi connectivity index (χ4n) is 8.08. The van der Waals surface area contributed by atoms with Gasteiger partial charge in [-0.25, -0.2) is 8.42 Å². The zero-order chi connectivity index (χ0) is 42.6. The molecule has 3 aliphatic rings. The molecule has 326 valence electrons. The van der Waals surface area contributed by atoms with E-state index in [0.29, 0.717) is 24.3 Å². The van der Waals surface area contributed by atoms with Crippen molar-refractivity contribution in [2.24, 2.45) is 11.8 Å². The van der Waals surface area contributed by atoms with E-state index in [0.717, 1.165) is 49.7 Å². The molecule has 12 heteroatoms. The van der Waals surface area contributed by atoms with Crippen molar-refractivity contribution in [1.82, 2.24) is 0 Å². The van der Waals surface area contributed by atoms with Crippen molar-refractivity contribution >= 4 is 26.5 Å². The maximum atomic E-state index is 14.1. The number of methoxy groups -OCH3 is 1. The first kappa shape index (κ1) is 48.5. The van der Waals surface area contributed by atoms with Gasteiger partial charge < -0.3 is 32.9 Å². The Balaban J connectivity index is 1.59. The Morgan fingerprint density at radius 3 is 2.11 bits per heavy atom. The van der Waals surface area contributed by atoms with Gasteiger partial charge >= 0.3 is 0 Å². The normalized spacial score (nSPS) is 29.9. The quantitative estimate of drug-likeness (QED) is 0.108. The maximum absolute atomic E-state index is 14.1. The first-order valence-corrected chi connectivity index (χ1v) is 28.9. The lowest BCUT2D eigenvalue weighted by Gasteiger charge is -2.42. The first-order chi connectivity index (χ1) is 26.4. The van der Waals surface area contributed by atoms with Crippen LogP contribution in [0.1, 0.15) is 99.8 Å². The van der Waals surface area contributed by atoms with E-state index < -0.39 is 50.7 Å². The predicted molar refractivity (Wildman–Crippen MR) is 235 cm³/mol. The van der Waals surface area contributed by atoms with Crippen molar-refractivity contribution in [3.05, 3.63) is 54.6 Å². The summed E-state index contributed by atoms with van der Waals surface area (Å²) in [6.07, 6.45) is 4.12. The Bertz CT molecular complexity index is 1570. The van der Waals surface area contributed by atoms with Gasteiger partial charge in [-0.1, -0.05) is 79.8 Å². The van der Waals surface area contributed by atoms with Gasteiger partial charge in [0, 0.05) is 32.5 Å². The molecule has 3 heterocycles. The van der Waals surface area contributed by atoms with Crippen LogP contribution in [0.25, 0.3) is 0 Å². The molecular formula is C45H78O9SSi2. The lowest BCUT2D eigenvalue weighted by Crippen LogP contribution is -2.49. The Morgan fingerprint density at radius 2 is 1.51 bits per heavy atom. The fraction of sp³-hybridized carbons (Fsp3) is 0.778. The van der Waals surface area contributed by atoms with Crippen molar-refractivity contribution in [2.75, 3.05) is 26.1 Å². The molecule has 10 atom stereocenters. The van der Waals surface area contributed by atoms with Gasteiger partial charge in [-0.15, -0.1) is 0 Å². The molecule has 0 aliphatic carbocycles. The summed E-state index contributed by atoms with van der Waals surface area (Å²) < 4.78 is 68.6. The number of benzene rings is 1. The molecule has 0 bridgehead atoms. The van der Waals surface area contributed by atoms with Gasteiger partial charge in [0.1, 0.15) is 0 Å². The standard InChI is InChI=1S/C45H78O9SSi2/c1-31-25-35(22-23-39-32(2)26-34(51-39)19-18-24-46)52-40(33(31)3)28-41-38(30-55(47,48)37-20-16-15-17-21-37)43(49-10)42(53-41)27-36(54-57(13,14)45(7,8)9)29-50-56(11,12)44(4,5)6/h15-17,20-21,31,34-36,38-43,46H,2-3,18-19,22-30H2,1,4-14H3/t31-,34?,35+,36+,38+,39+,40?,41?,42-,43-/m1/s1. The van der Waals surface area contributed by atoms with Crippen LogP contribution in [0.15, 0.2) is 59.5 Å². The second-order valence-electron chi connectivity index (χ2n) is 20.2. The molecule has 1 aromatic rings. The highest BCUT2D eigenvalue weighted by Crippen LogP contribution is 2.44. The highest BCUT2D eigenvalue weighted by molar-refractivity contribution is 7.91. The molecule has 1 aromatic carbocycles. The highest BCUT2D eigenvalue weighted by atomic mass is 32.2. The average molecular weight is 851 g/mol. The van der Waals surface area contributed by atoms with Crippen molar-refractivity contribution in [3.63, 3.8) is 0 Å². The van der Waals surface area contributed by atoms with Crippen LogP contribution in [0, 0.1) is 11.8 Å². The van der Waals surface area contributed by atoms with Crippen molar-refractivity contribution in [3.8, 4) is 0 Å². The van der Waals surface area contributed by atoms with E-state index in [1.54, 1.807) is 31.4 Å². The SMILES string of the molecule is C=C1C(CC2O[C@H](C[C@@H](CO[Si](C)(C)C(C)(C)C)O[Si](C)(C)C(C)(C)C)[C@H](OC)[C@H]2CS(=O)(=O)c2ccccc2)O[C@@H](CC[C@@H]2OC(CCCO)CC2=C)C[C@H]1C. The zero-order valence-corrected chi connectivity index (χ0v) is 40.3. The predicted octanol–water partition coefficient (Wildman–Crippen LogP) is 9.67. The van der Waals surface area contributed by atoms with E-state index in [-0.39, 0.29) is 58.9 Å². The molecule has 9 nitrogen and oxygen atoms in total. The summed E-state index contributed by atoms with van der Waals surface area (Å²) in [4.78, 5) is 0.297. The lowest BCUT2D eigenvalue weighted by molar-refractivity contribution is -0.0782. The van der Waals surface area contributed by atoms with Crippen molar-refractivity contribution in [1.29, 1.82) is 0 Å². The molecule has 3 aliphatic heterocycles. The maximum Gasteiger partial charge on any atom is 0.192 e. The summed E-state index contributed by atoms with van der Waals surface area (Å²) in [6, 6.07) is 8.68. The van der Waals surface area contributed by atoms with E-state index in [2.05, 4.69) is 87.8 Å². The van der Waals surface area contributed by atoms with Gasteiger partial charge in [-0.05, 0) is 104 Å². The van der Waals surface area contributed by atoms with Crippen molar-refractivity contribution in [2.45, 2.75) is 190 Å². The van der Waals surface area contributed by atoms with Gasteiger partial charge in [0.05, 0.1) is 66.1 Å². The summed E-state index contributed by atoms with van der Waals surface area (Å²) in [7, 11) is -6.35. The third-order valence-corrected chi connectivity index (χ3v) is 24.7. The molecule has 57 heavy (non-hydrogen) atoms. The second kappa shape index (κ2) is 19.7. The van der Waals surface area contributed by atoms with Crippen LogP contribution in [0.5, 0.6) is 0 Å². The van der Waals surface area contributed by atoms with E-state index >= 15 is 0 Å². The molecule has 0 aromatic heterocycles. The summed E-state index contributed by atoms with van der Waals surface area (Å²) in [5.41, 5.74) is 2.14. The Labute approximate surface area is 348 Å². The number of hydrogen-bond donors (Lipinski definition) is 1. The van der Waals surface area contributed by atoms with Crippen LogP contribution in [0.4, 0.5) is 0 Å². The van der Waals surface area contributed by atoms with E-state index in [9.17, 15) is 13.5 Å². The summed E-state index contributed by atoms with van der Waals surface area (Å²) in [5.74, 6) is -0.324. The second-order valence-corrected chi connectivity index (χ2v) is 31.8. The van der Waals surface area contributed by atoms with E-state index in [4.69, 9.17) is 27.8 Å². The number of ether oxygens (including phenoxy) is 4. The minimum atomic E-state index is -3.68. The minimum Gasteiger partial charge on any atom is -0.414 e. The van der Waals surface area contributed by atoms with Gasteiger partial charge in [-0.3, -0.25) is 0 Å². The molecule has 1 N–H and O–H groups in total. The number of rotatable bonds is 19. The molecule has 0 spiro atoms. The van der Waals surface area contributed by atoms with Crippen LogP contribution in [-0.4, -0.2) is 105 Å². The zero-order valence-electron chi connectivity index (χ0n) is 37.5. The Hall–Kier alpha value is -1.20. The number of aliphatic hydroxyl groups excluding tert-OH is 1. The van der Waals surface area contributed by atoms with Gasteiger partial charge in [0.2, 0.25) is 0 Å². The monoisotopic (exact) mass is 850 g/mol. The molecule has 3 saturated heterocycles. The number of hydrogen-bond acceptors (Lipinski definition) is 9. The minimum absolute atomic E-state index is 0.000157. The van der Waals surface area contributed by atoms with Gasteiger partial charge in [0.15, 0.2) is 26.5 Å². The van der Waals surface area contributed by atoms with Gasteiger partial charge in [-0.2, -0.15) is 0 Å². The Kier molecular flexibility index (Phi) is 16.7. The number of sulfone groups is 1. The number of aliphatic hydroxyl groups is 1. The summed E-state index contributed by atoms with van der Waals surface area (Å²) in [6.45, 7) is 34.2. The highest BCUT2D eigenvalue weighted by Gasteiger charge is 2.50. The van der Waals surface area contributed by atoms with E-state index in [1.165, 1.54) is 0 Å². The molecule has 0 amide bonds. The molecule has 0 saturated carbocycles. The third kappa shape index (κ3) is 12.7. The summed E-state index contributed by atoms with van der Waals surface area (Å²) in [5, 5.41) is 9.32. The molecule has 3 unspecified atom stereocenters. The molecule has 4 rings (SSSR count). The Morgan fingerprint density at radius 1 is 0.877 bits per heavy atom. The molecular weight excluding hydrogens is 773 g/mol. The van der Waals surface area contributed by atoms with Crippen molar-refractivity contribution < 1.29 is 41.3 Å². The van der Waals surface area contributed by atoms with Gasteiger partial charge in [0.25, 0.3) is 0 Å². The van der Waals surface area contributed by atoms with Crippen LogP contribution >= 0.6 is 0 Å². The topological polar surface area (TPSA) is 110 Å². The molecule has 3 fully saturated rings. The van der Waals surface area contributed by atoms with E-state index in [1.807, 2.05) is 6.07 Å². The third-order valence-electron chi connectivity index (χ3n) is 13.8. The van der Waals surface area contributed by atoms with Crippen LogP contribution in [-0.2, 0) is 37.6 Å². The molecule has 0 radical (unpaired) electrons. The fourth-order valence-corrected chi connectivity index (χ4v) is 12.1. The van der Waals surface area contributed by atoms with Crippen LogP contribution in [0.2, 0.25) is 36.3 Å². The largest absolute Gasteiger partial charge is 0.414 e. The first-order valence-electron chi connectivity index (χ1n) is 21.4. The average Bonchev–Trinajstić information content (AvgIpc) is 3.63. The lowest BCUT2D eigenvalue weighted by atomic mass is 9.83.